The quantitative estimate of drug-likeness (QED) is 0.370. The molecule has 0 aliphatic carbocycles. The van der Waals surface area contributed by atoms with Crippen molar-refractivity contribution in [2.45, 2.75) is 26.4 Å². The van der Waals surface area contributed by atoms with Gasteiger partial charge in [-0.25, -0.2) is 4.39 Å². The molecule has 0 radical (unpaired) electrons. The maximum atomic E-state index is 13.5. The molecule has 2 amide bonds. The first kappa shape index (κ1) is 26.4. The normalized spacial score (nSPS) is 10.7. The highest BCUT2D eigenvalue weighted by Gasteiger charge is 2.23. The van der Waals surface area contributed by atoms with Crippen LogP contribution in [0.15, 0.2) is 60.0 Å². The van der Waals surface area contributed by atoms with Crippen LogP contribution in [0.25, 0.3) is 0 Å². The van der Waals surface area contributed by atoms with E-state index in [9.17, 15) is 14.0 Å². The van der Waals surface area contributed by atoms with E-state index >= 15 is 0 Å². The molecule has 0 bridgehead atoms. The van der Waals surface area contributed by atoms with Gasteiger partial charge in [0, 0.05) is 25.1 Å². The first-order valence-electron chi connectivity index (χ1n) is 11.3. The van der Waals surface area contributed by atoms with Gasteiger partial charge >= 0.3 is 0 Å². The standard InChI is InChI=1S/C27H31FN2O4S/c1-20-12-15-35-25(20)18-30(17-22-4-8-23(28)9-5-22)27(32)19-29(13-14-33-2)26(31)16-21-6-10-24(34-3)11-7-21/h4-12,15H,13-14,16-19H2,1-3H3. The van der Waals surface area contributed by atoms with E-state index in [1.807, 2.05) is 30.5 Å². The second-order valence-corrected chi connectivity index (χ2v) is 9.24. The zero-order chi connectivity index (χ0) is 25.2. The molecule has 0 saturated carbocycles. The fourth-order valence-corrected chi connectivity index (χ4v) is 4.49. The van der Waals surface area contributed by atoms with E-state index in [0.717, 1.165) is 21.6 Å². The molecule has 8 heteroatoms. The molecule has 0 atom stereocenters. The highest BCUT2D eigenvalue weighted by molar-refractivity contribution is 7.10. The predicted molar refractivity (Wildman–Crippen MR) is 135 cm³/mol. The van der Waals surface area contributed by atoms with Crippen molar-refractivity contribution in [1.82, 2.24) is 9.80 Å². The van der Waals surface area contributed by atoms with Crippen LogP contribution >= 0.6 is 11.3 Å². The van der Waals surface area contributed by atoms with Gasteiger partial charge in [-0.1, -0.05) is 24.3 Å². The summed E-state index contributed by atoms with van der Waals surface area (Å²) in [4.78, 5) is 30.9. The average Bonchev–Trinajstić information content (AvgIpc) is 3.27. The second-order valence-electron chi connectivity index (χ2n) is 8.24. The first-order chi connectivity index (χ1) is 16.9. The van der Waals surface area contributed by atoms with E-state index in [0.29, 0.717) is 32.0 Å². The summed E-state index contributed by atoms with van der Waals surface area (Å²) in [6.07, 6.45) is 0.170. The number of halogens is 1. The maximum Gasteiger partial charge on any atom is 0.242 e. The van der Waals surface area contributed by atoms with E-state index in [-0.39, 0.29) is 30.6 Å². The molecular formula is C27H31FN2O4S. The molecule has 0 fully saturated rings. The maximum absolute atomic E-state index is 13.5. The second kappa shape index (κ2) is 13.0. The van der Waals surface area contributed by atoms with E-state index in [1.54, 1.807) is 54.7 Å². The number of hydrogen-bond donors (Lipinski definition) is 0. The zero-order valence-electron chi connectivity index (χ0n) is 20.3. The topological polar surface area (TPSA) is 59.1 Å². The zero-order valence-corrected chi connectivity index (χ0v) is 21.1. The molecule has 0 aliphatic rings. The Balaban J connectivity index is 1.75. The van der Waals surface area contributed by atoms with Gasteiger partial charge in [0.1, 0.15) is 11.6 Å². The molecule has 0 spiro atoms. The molecule has 1 aromatic heterocycles. The van der Waals surface area contributed by atoms with Gasteiger partial charge in [-0.15, -0.1) is 11.3 Å². The number of methoxy groups -OCH3 is 2. The van der Waals surface area contributed by atoms with E-state index in [4.69, 9.17) is 9.47 Å². The summed E-state index contributed by atoms with van der Waals surface area (Å²) >= 11 is 1.59. The van der Waals surface area contributed by atoms with Crippen molar-refractivity contribution in [3.63, 3.8) is 0 Å². The summed E-state index contributed by atoms with van der Waals surface area (Å²) in [5, 5.41) is 1.99. The Morgan fingerprint density at radius 1 is 0.886 bits per heavy atom. The van der Waals surface area contributed by atoms with Crippen LogP contribution in [-0.4, -0.2) is 55.5 Å². The molecule has 1 heterocycles. The van der Waals surface area contributed by atoms with Crippen molar-refractivity contribution in [3.05, 3.63) is 87.4 Å². The van der Waals surface area contributed by atoms with Crippen LogP contribution in [0.4, 0.5) is 4.39 Å². The van der Waals surface area contributed by atoms with Gasteiger partial charge in [0.05, 0.1) is 33.2 Å². The van der Waals surface area contributed by atoms with Gasteiger partial charge in [0.25, 0.3) is 0 Å². The SMILES string of the molecule is COCCN(CC(=O)N(Cc1ccc(F)cc1)Cc1sccc1C)C(=O)Cc1ccc(OC)cc1. The summed E-state index contributed by atoms with van der Waals surface area (Å²) < 4.78 is 23.8. The Bertz CT molecular complexity index is 1100. The van der Waals surface area contributed by atoms with Gasteiger partial charge in [-0.3, -0.25) is 9.59 Å². The molecule has 0 saturated heterocycles. The number of nitrogens with zero attached hydrogens (tertiary/aromatic N) is 2. The Morgan fingerprint density at radius 2 is 1.57 bits per heavy atom. The molecule has 35 heavy (non-hydrogen) atoms. The molecule has 0 unspecified atom stereocenters. The minimum atomic E-state index is -0.324. The lowest BCUT2D eigenvalue weighted by atomic mass is 10.1. The third-order valence-corrected chi connectivity index (χ3v) is 6.71. The lowest BCUT2D eigenvalue weighted by molar-refractivity contribution is -0.141. The molecule has 3 aromatic rings. The Morgan fingerprint density at radius 3 is 2.17 bits per heavy atom. The monoisotopic (exact) mass is 498 g/mol. The lowest BCUT2D eigenvalue weighted by Crippen LogP contribution is -2.44. The van der Waals surface area contributed by atoms with Gasteiger partial charge in [-0.05, 0) is 59.3 Å². The van der Waals surface area contributed by atoms with Crippen LogP contribution in [0, 0.1) is 12.7 Å². The number of ether oxygens (including phenoxy) is 2. The number of carbonyl (C=O) groups excluding carboxylic acids is 2. The van der Waals surface area contributed by atoms with Gasteiger partial charge in [0.15, 0.2) is 0 Å². The van der Waals surface area contributed by atoms with Gasteiger partial charge in [0.2, 0.25) is 11.8 Å². The highest BCUT2D eigenvalue weighted by Crippen LogP contribution is 2.20. The minimum Gasteiger partial charge on any atom is -0.497 e. The van der Waals surface area contributed by atoms with Crippen LogP contribution in [0.1, 0.15) is 21.6 Å². The summed E-state index contributed by atoms with van der Waals surface area (Å²) in [6.45, 7) is 3.31. The van der Waals surface area contributed by atoms with Gasteiger partial charge in [-0.2, -0.15) is 0 Å². The largest absolute Gasteiger partial charge is 0.497 e. The average molecular weight is 499 g/mol. The molecule has 3 rings (SSSR count). The number of benzene rings is 2. The summed E-state index contributed by atoms with van der Waals surface area (Å²) in [7, 11) is 3.15. The number of rotatable bonds is 12. The van der Waals surface area contributed by atoms with Crippen molar-refractivity contribution in [1.29, 1.82) is 0 Å². The Labute approximate surface area is 209 Å². The van der Waals surface area contributed by atoms with Crippen molar-refractivity contribution >= 4 is 23.2 Å². The first-order valence-corrected chi connectivity index (χ1v) is 12.2. The fraction of sp³-hybridized carbons (Fsp3) is 0.333. The number of hydrogen-bond acceptors (Lipinski definition) is 5. The summed E-state index contributed by atoms with van der Waals surface area (Å²) in [5.74, 6) is 0.0550. The van der Waals surface area contributed by atoms with E-state index in [1.165, 1.54) is 17.0 Å². The van der Waals surface area contributed by atoms with Crippen molar-refractivity contribution in [3.8, 4) is 5.75 Å². The highest BCUT2D eigenvalue weighted by atomic mass is 32.1. The molecule has 186 valence electrons. The number of aryl methyl sites for hydroxylation is 1. The number of amides is 2. The van der Waals surface area contributed by atoms with Crippen LogP contribution < -0.4 is 4.74 Å². The number of carbonyl (C=O) groups is 2. The van der Waals surface area contributed by atoms with Crippen LogP contribution in [0.3, 0.4) is 0 Å². The Kier molecular flexibility index (Phi) is 9.81. The number of thiophene rings is 1. The third-order valence-electron chi connectivity index (χ3n) is 5.70. The smallest absolute Gasteiger partial charge is 0.242 e. The van der Waals surface area contributed by atoms with Crippen LogP contribution in [0.5, 0.6) is 5.75 Å². The van der Waals surface area contributed by atoms with Crippen LogP contribution in [0.2, 0.25) is 0 Å². The van der Waals surface area contributed by atoms with Crippen molar-refractivity contribution in [2.24, 2.45) is 0 Å². The summed E-state index contributed by atoms with van der Waals surface area (Å²) in [6, 6.07) is 15.4. The Hall–Kier alpha value is -3.23. The van der Waals surface area contributed by atoms with Crippen LogP contribution in [-0.2, 0) is 33.8 Å². The van der Waals surface area contributed by atoms with Gasteiger partial charge < -0.3 is 19.3 Å². The predicted octanol–water partition coefficient (Wildman–Crippen LogP) is 4.45. The van der Waals surface area contributed by atoms with Crippen molar-refractivity contribution in [2.75, 3.05) is 33.9 Å². The van der Waals surface area contributed by atoms with E-state index in [2.05, 4.69) is 0 Å². The molecule has 0 N–H and O–H groups in total. The minimum absolute atomic E-state index is 0.0655. The van der Waals surface area contributed by atoms with E-state index < -0.39 is 0 Å². The lowest BCUT2D eigenvalue weighted by Gasteiger charge is -2.28. The fourth-order valence-electron chi connectivity index (χ4n) is 3.57. The molecule has 6 nitrogen and oxygen atoms in total. The third kappa shape index (κ3) is 7.90. The molecule has 2 aromatic carbocycles. The van der Waals surface area contributed by atoms with Crippen molar-refractivity contribution < 1.29 is 23.5 Å². The molecule has 0 aliphatic heterocycles. The summed E-state index contributed by atoms with van der Waals surface area (Å²) in [5.41, 5.74) is 2.77. The molecular weight excluding hydrogens is 467 g/mol.